The van der Waals surface area contributed by atoms with E-state index in [1.165, 1.54) is 0 Å². The Kier molecular flexibility index (Phi) is 4.89. The van der Waals surface area contributed by atoms with Crippen LogP contribution in [0.3, 0.4) is 0 Å². The predicted molar refractivity (Wildman–Crippen MR) is 59.5 cm³/mol. The second kappa shape index (κ2) is 5.97. The molecule has 6 heteroatoms. The van der Waals surface area contributed by atoms with Crippen molar-refractivity contribution in [1.82, 2.24) is 5.32 Å². The summed E-state index contributed by atoms with van der Waals surface area (Å²) in [6.45, 7) is -0.271. The van der Waals surface area contributed by atoms with Crippen LogP contribution >= 0.6 is 0 Å². The van der Waals surface area contributed by atoms with Crippen molar-refractivity contribution in [1.29, 1.82) is 0 Å². The maximum atomic E-state index is 11.7. The number of carbonyl (C=O) groups is 2. The molecule has 0 aromatic carbocycles. The summed E-state index contributed by atoms with van der Waals surface area (Å²) in [5, 5.41) is 19.9. The molecule has 0 aromatic rings. The van der Waals surface area contributed by atoms with E-state index >= 15 is 0 Å². The second-order valence-corrected chi connectivity index (χ2v) is 4.39. The monoisotopic (exact) mass is 245 g/mol. The van der Waals surface area contributed by atoms with Crippen LogP contribution in [0.2, 0.25) is 0 Å². The summed E-state index contributed by atoms with van der Waals surface area (Å²) in [5.74, 6) is -1.47. The van der Waals surface area contributed by atoms with Crippen molar-refractivity contribution in [3.05, 3.63) is 0 Å². The van der Waals surface area contributed by atoms with Crippen LogP contribution in [0.5, 0.6) is 0 Å². The average Bonchev–Trinajstić information content (AvgIpc) is 2.22. The molecule has 0 saturated heterocycles. The molecule has 1 aliphatic rings. The van der Waals surface area contributed by atoms with Gasteiger partial charge in [-0.05, 0) is 19.3 Å². The molecule has 1 amide bonds. The fourth-order valence-corrected chi connectivity index (χ4v) is 1.95. The van der Waals surface area contributed by atoms with E-state index < -0.39 is 17.6 Å². The van der Waals surface area contributed by atoms with Gasteiger partial charge in [0.05, 0.1) is 12.0 Å². The number of aliphatic carboxylic acids is 1. The molecule has 0 spiro atoms. The highest BCUT2D eigenvalue weighted by atomic mass is 16.5. The second-order valence-electron chi connectivity index (χ2n) is 4.39. The van der Waals surface area contributed by atoms with E-state index in [9.17, 15) is 9.59 Å². The molecule has 6 nitrogen and oxygen atoms in total. The molecule has 17 heavy (non-hydrogen) atoms. The lowest BCUT2D eigenvalue weighted by atomic mass is 9.77. The number of carboxylic acid groups (broad SMARTS) is 1. The summed E-state index contributed by atoms with van der Waals surface area (Å²) in [7, 11) is 1.56. The number of rotatable bonds is 7. The SMILES string of the molecule is COC1(CC(=O)N[C@H](CCO)C(=O)O)CCC1. The third-order valence-electron chi connectivity index (χ3n) is 3.23. The third kappa shape index (κ3) is 3.67. The molecule has 1 fully saturated rings. The summed E-state index contributed by atoms with van der Waals surface area (Å²) in [4.78, 5) is 22.5. The van der Waals surface area contributed by atoms with Crippen LogP contribution in [0.15, 0.2) is 0 Å². The molecule has 0 bridgehead atoms. The fraction of sp³-hybridized carbons (Fsp3) is 0.818. The largest absolute Gasteiger partial charge is 0.480 e. The summed E-state index contributed by atoms with van der Waals surface area (Å²) in [5.41, 5.74) is -0.410. The molecule has 3 N–H and O–H groups in total. The molecule has 0 radical (unpaired) electrons. The van der Waals surface area contributed by atoms with Gasteiger partial charge in [0.15, 0.2) is 0 Å². The Morgan fingerprint density at radius 1 is 1.47 bits per heavy atom. The van der Waals surface area contributed by atoms with Crippen molar-refractivity contribution in [3.63, 3.8) is 0 Å². The summed E-state index contributed by atoms with van der Waals surface area (Å²) in [6.07, 6.45) is 2.88. The molecule has 0 aliphatic heterocycles. The zero-order valence-corrected chi connectivity index (χ0v) is 9.94. The first kappa shape index (κ1) is 13.9. The highest BCUT2D eigenvalue weighted by Gasteiger charge is 2.39. The molecular formula is C11H19NO5. The van der Waals surface area contributed by atoms with Gasteiger partial charge in [-0.3, -0.25) is 4.79 Å². The number of methoxy groups -OCH3 is 1. The van der Waals surface area contributed by atoms with Crippen LogP contribution in [0.25, 0.3) is 0 Å². The fourth-order valence-electron chi connectivity index (χ4n) is 1.95. The molecule has 0 aromatic heterocycles. The van der Waals surface area contributed by atoms with Crippen molar-refractivity contribution < 1.29 is 24.5 Å². The van der Waals surface area contributed by atoms with Gasteiger partial charge in [0.25, 0.3) is 0 Å². The third-order valence-corrected chi connectivity index (χ3v) is 3.23. The molecule has 0 heterocycles. The van der Waals surface area contributed by atoms with Crippen LogP contribution < -0.4 is 5.32 Å². The number of ether oxygens (including phenoxy) is 1. The molecule has 1 atom stereocenters. The van der Waals surface area contributed by atoms with Crippen molar-refractivity contribution in [2.24, 2.45) is 0 Å². The zero-order valence-electron chi connectivity index (χ0n) is 9.94. The van der Waals surface area contributed by atoms with Crippen LogP contribution in [0.1, 0.15) is 32.1 Å². The van der Waals surface area contributed by atoms with E-state index in [0.29, 0.717) is 0 Å². The van der Waals surface area contributed by atoms with E-state index in [2.05, 4.69) is 5.32 Å². The maximum Gasteiger partial charge on any atom is 0.326 e. The quantitative estimate of drug-likeness (QED) is 0.582. The zero-order chi connectivity index (χ0) is 12.9. The topological polar surface area (TPSA) is 95.9 Å². The highest BCUT2D eigenvalue weighted by Crippen LogP contribution is 2.37. The maximum absolute atomic E-state index is 11.7. The van der Waals surface area contributed by atoms with Gasteiger partial charge in [-0.15, -0.1) is 0 Å². The van der Waals surface area contributed by atoms with Crippen LogP contribution in [0, 0.1) is 0 Å². The van der Waals surface area contributed by atoms with Gasteiger partial charge in [-0.25, -0.2) is 4.79 Å². The van der Waals surface area contributed by atoms with Gasteiger partial charge in [0.2, 0.25) is 5.91 Å². The van der Waals surface area contributed by atoms with E-state index in [1.54, 1.807) is 7.11 Å². The minimum atomic E-state index is -1.13. The lowest BCUT2D eigenvalue weighted by molar-refractivity contribution is -0.145. The van der Waals surface area contributed by atoms with Gasteiger partial charge < -0.3 is 20.3 Å². The molecule has 98 valence electrons. The van der Waals surface area contributed by atoms with Gasteiger partial charge in [0, 0.05) is 20.1 Å². The van der Waals surface area contributed by atoms with Crippen molar-refractivity contribution in [2.45, 2.75) is 43.7 Å². The Balaban J connectivity index is 2.44. The average molecular weight is 245 g/mol. The van der Waals surface area contributed by atoms with E-state index in [4.69, 9.17) is 14.9 Å². The summed E-state index contributed by atoms with van der Waals surface area (Å²) < 4.78 is 5.29. The van der Waals surface area contributed by atoms with Gasteiger partial charge in [0.1, 0.15) is 6.04 Å². The number of aliphatic hydroxyl groups excluding tert-OH is 1. The molecule has 1 aliphatic carbocycles. The predicted octanol–water partition coefficient (Wildman–Crippen LogP) is -0.103. The standard InChI is InChI=1S/C11H19NO5/c1-17-11(4-2-5-11)7-9(14)12-8(3-6-13)10(15)16/h8,13H,2-7H2,1H3,(H,12,14)(H,15,16)/t8-/m1/s1. The minimum Gasteiger partial charge on any atom is -0.480 e. The first-order valence-electron chi connectivity index (χ1n) is 5.71. The number of aliphatic hydroxyl groups is 1. The summed E-state index contributed by atoms with van der Waals surface area (Å²) in [6, 6.07) is -1.03. The highest BCUT2D eigenvalue weighted by molar-refractivity contribution is 5.84. The lowest BCUT2D eigenvalue weighted by Gasteiger charge is -2.40. The Morgan fingerprint density at radius 3 is 2.47 bits per heavy atom. The Labute approximate surface area is 100.0 Å². The number of hydrogen-bond acceptors (Lipinski definition) is 4. The van der Waals surface area contributed by atoms with E-state index in [-0.39, 0.29) is 25.4 Å². The molecular weight excluding hydrogens is 226 g/mol. The Bertz CT molecular complexity index is 282. The van der Waals surface area contributed by atoms with Crippen LogP contribution in [0.4, 0.5) is 0 Å². The van der Waals surface area contributed by atoms with Gasteiger partial charge in [-0.1, -0.05) is 0 Å². The number of carboxylic acids is 1. The minimum absolute atomic E-state index is 0.0149. The first-order chi connectivity index (χ1) is 8.03. The van der Waals surface area contributed by atoms with Gasteiger partial charge >= 0.3 is 5.97 Å². The van der Waals surface area contributed by atoms with Crippen molar-refractivity contribution >= 4 is 11.9 Å². The van der Waals surface area contributed by atoms with Crippen LogP contribution in [-0.4, -0.2) is 47.4 Å². The summed E-state index contributed by atoms with van der Waals surface area (Å²) >= 11 is 0. The smallest absolute Gasteiger partial charge is 0.326 e. The number of hydrogen-bond donors (Lipinski definition) is 3. The van der Waals surface area contributed by atoms with Crippen molar-refractivity contribution in [2.75, 3.05) is 13.7 Å². The van der Waals surface area contributed by atoms with Crippen molar-refractivity contribution in [3.8, 4) is 0 Å². The molecule has 0 unspecified atom stereocenters. The first-order valence-corrected chi connectivity index (χ1v) is 5.71. The van der Waals surface area contributed by atoms with Gasteiger partial charge in [-0.2, -0.15) is 0 Å². The number of nitrogens with one attached hydrogen (secondary N) is 1. The Morgan fingerprint density at radius 2 is 2.12 bits per heavy atom. The lowest BCUT2D eigenvalue weighted by Crippen LogP contribution is -2.48. The number of carbonyl (C=O) groups excluding carboxylic acids is 1. The van der Waals surface area contributed by atoms with E-state index in [0.717, 1.165) is 19.3 Å². The van der Waals surface area contributed by atoms with Crippen LogP contribution in [-0.2, 0) is 14.3 Å². The number of amides is 1. The normalized spacial score (nSPS) is 19.2. The molecule has 1 rings (SSSR count). The van der Waals surface area contributed by atoms with E-state index in [1.807, 2.05) is 0 Å². The Hall–Kier alpha value is -1.14. The molecule has 1 saturated carbocycles.